The number of nitrogens with one attached hydrogen (secondary N) is 2. The van der Waals surface area contributed by atoms with E-state index in [4.69, 9.17) is 4.74 Å². The van der Waals surface area contributed by atoms with Crippen LogP contribution in [0.3, 0.4) is 0 Å². The van der Waals surface area contributed by atoms with Gasteiger partial charge in [0.05, 0.1) is 16.7 Å². The Bertz CT molecular complexity index is 1030. The quantitative estimate of drug-likeness (QED) is 0.484. The third-order valence-corrected chi connectivity index (χ3v) is 7.92. The molecule has 7 heteroatoms. The minimum atomic E-state index is -0.384. The Balaban J connectivity index is 1.21. The number of rotatable bonds is 6. The van der Waals surface area contributed by atoms with E-state index in [2.05, 4.69) is 26.6 Å². The van der Waals surface area contributed by atoms with Crippen LogP contribution in [0, 0.1) is 23.7 Å². The van der Waals surface area contributed by atoms with Crippen LogP contribution in [0.4, 0.5) is 11.4 Å². The number of benzene rings is 2. The van der Waals surface area contributed by atoms with E-state index < -0.39 is 0 Å². The molecule has 2 aromatic carbocycles. The summed E-state index contributed by atoms with van der Waals surface area (Å²) in [5.74, 6) is -0.984. The predicted octanol–water partition coefficient (Wildman–Crippen LogP) is 3.77. The van der Waals surface area contributed by atoms with Crippen molar-refractivity contribution in [3.8, 4) is 0 Å². The smallest absolute Gasteiger partial charge is 0.310 e. The van der Waals surface area contributed by atoms with Crippen LogP contribution >= 0.6 is 15.9 Å². The minimum absolute atomic E-state index is 0.0335. The Kier molecular flexibility index (Phi) is 5.30. The first kappa shape index (κ1) is 20.2. The molecule has 2 N–H and O–H groups in total. The van der Waals surface area contributed by atoms with Crippen molar-refractivity contribution in [2.45, 2.75) is 30.2 Å². The first-order valence-corrected chi connectivity index (χ1v) is 11.5. The number of fused-ring (bicyclic) bond motifs is 1. The van der Waals surface area contributed by atoms with E-state index in [0.717, 1.165) is 12.0 Å². The van der Waals surface area contributed by atoms with Gasteiger partial charge in [0.15, 0.2) is 0 Å². The highest BCUT2D eigenvalue weighted by Crippen LogP contribution is 2.60. The van der Waals surface area contributed by atoms with E-state index in [0.29, 0.717) is 24.2 Å². The van der Waals surface area contributed by atoms with E-state index >= 15 is 0 Å². The standard InChI is InChI=1S/C24H23BrN2O4/c25-21-16-12-17-20(24(30)31-22(17)21)19(16)23(29)27-15-8-4-7-14(11-15)26-18(28)10-9-13-5-2-1-3-6-13/h1-8,11,16-17,19-22H,9-10,12H2,(H,26,28)(H,27,29)/t16-,17-,19-,20-,21-,22+/m1/s1. The lowest BCUT2D eigenvalue weighted by molar-refractivity contribution is -0.145. The molecule has 5 rings (SSSR count). The number of aryl methyl sites for hydroxylation is 1. The fraction of sp³-hybridized carbons (Fsp3) is 0.375. The number of carbonyl (C=O) groups is 3. The molecule has 31 heavy (non-hydrogen) atoms. The number of ether oxygens (including phenoxy) is 1. The van der Waals surface area contributed by atoms with Crippen LogP contribution in [0.25, 0.3) is 0 Å². The molecule has 160 valence electrons. The van der Waals surface area contributed by atoms with E-state index in [9.17, 15) is 14.4 Å². The average molecular weight is 483 g/mol. The summed E-state index contributed by atoms with van der Waals surface area (Å²) in [5, 5.41) is 5.84. The molecule has 0 unspecified atom stereocenters. The average Bonchev–Trinajstić information content (AvgIpc) is 3.37. The van der Waals surface area contributed by atoms with Crippen LogP contribution in [0.1, 0.15) is 18.4 Å². The maximum atomic E-state index is 13.0. The topological polar surface area (TPSA) is 84.5 Å². The van der Waals surface area contributed by atoms with Crippen LogP contribution in [0.2, 0.25) is 0 Å². The molecule has 1 aliphatic heterocycles. The van der Waals surface area contributed by atoms with Gasteiger partial charge in [-0.3, -0.25) is 14.4 Å². The summed E-state index contributed by atoms with van der Waals surface area (Å²) in [6, 6.07) is 17.0. The highest BCUT2D eigenvalue weighted by atomic mass is 79.9. The van der Waals surface area contributed by atoms with Crippen LogP contribution in [-0.4, -0.2) is 28.7 Å². The van der Waals surface area contributed by atoms with E-state index in [-0.39, 0.29) is 52.4 Å². The monoisotopic (exact) mass is 482 g/mol. The van der Waals surface area contributed by atoms with Crippen molar-refractivity contribution in [3.63, 3.8) is 0 Å². The molecule has 3 aliphatic rings. The molecule has 6 nitrogen and oxygen atoms in total. The number of amides is 2. The van der Waals surface area contributed by atoms with Crippen molar-refractivity contribution >= 4 is 45.1 Å². The second kappa shape index (κ2) is 8.11. The fourth-order valence-corrected chi connectivity index (χ4v) is 6.40. The molecule has 3 fully saturated rings. The summed E-state index contributed by atoms with van der Waals surface area (Å²) in [7, 11) is 0. The molecular formula is C24H23BrN2O4. The molecule has 1 heterocycles. The van der Waals surface area contributed by atoms with Gasteiger partial charge >= 0.3 is 5.97 Å². The van der Waals surface area contributed by atoms with Gasteiger partial charge in [-0.25, -0.2) is 0 Å². The van der Waals surface area contributed by atoms with Gasteiger partial charge < -0.3 is 15.4 Å². The lowest BCUT2D eigenvalue weighted by Crippen LogP contribution is -2.40. The maximum absolute atomic E-state index is 13.0. The number of carbonyl (C=O) groups excluding carboxylic acids is 3. The summed E-state index contributed by atoms with van der Waals surface area (Å²) >= 11 is 3.64. The Labute approximate surface area is 188 Å². The largest absolute Gasteiger partial charge is 0.461 e. The van der Waals surface area contributed by atoms with Crippen molar-refractivity contribution in [1.82, 2.24) is 0 Å². The van der Waals surface area contributed by atoms with Crippen LogP contribution in [0.5, 0.6) is 0 Å². The van der Waals surface area contributed by atoms with Gasteiger partial charge in [-0.15, -0.1) is 0 Å². The minimum Gasteiger partial charge on any atom is -0.461 e. The highest BCUT2D eigenvalue weighted by molar-refractivity contribution is 9.09. The third kappa shape index (κ3) is 3.76. The number of hydrogen-bond acceptors (Lipinski definition) is 4. The van der Waals surface area contributed by atoms with Crippen molar-refractivity contribution < 1.29 is 19.1 Å². The summed E-state index contributed by atoms with van der Waals surface area (Å²) in [6.45, 7) is 0. The van der Waals surface area contributed by atoms with Crippen LogP contribution in [0.15, 0.2) is 54.6 Å². The van der Waals surface area contributed by atoms with E-state index in [1.807, 2.05) is 30.3 Å². The first-order valence-electron chi connectivity index (χ1n) is 10.6. The zero-order valence-corrected chi connectivity index (χ0v) is 18.4. The van der Waals surface area contributed by atoms with E-state index in [1.165, 1.54) is 0 Å². The molecule has 0 spiro atoms. The van der Waals surface area contributed by atoms with Crippen molar-refractivity contribution in [1.29, 1.82) is 0 Å². The van der Waals surface area contributed by atoms with Crippen molar-refractivity contribution in [2.75, 3.05) is 10.6 Å². The van der Waals surface area contributed by atoms with Gasteiger partial charge in [0, 0.05) is 23.7 Å². The lowest BCUT2D eigenvalue weighted by atomic mass is 9.79. The molecule has 0 radical (unpaired) electrons. The lowest BCUT2D eigenvalue weighted by Gasteiger charge is -2.27. The second-order valence-electron chi connectivity index (χ2n) is 8.56. The molecule has 1 saturated heterocycles. The molecule has 2 aromatic rings. The van der Waals surface area contributed by atoms with Crippen molar-refractivity contribution in [2.24, 2.45) is 23.7 Å². The maximum Gasteiger partial charge on any atom is 0.310 e. The van der Waals surface area contributed by atoms with Crippen LogP contribution in [-0.2, 0) is 25.5 Å². The van der Waals surface area contributed by atoms with Crippen molar-refractivity contribution in [3.05, 3.63) is 60.2 Å². The fourth-order valence-electron chi connectivity index (χ4n) is 5.36. The zero-order valence-electron chi connectivity index (χ0n) is 16.8. The summed E-state index contributed by atoms with van der Waals surface area (Å²) in [6.07, 6.45) is 1.79. The SMILES string of the molecule is O=C(CCc1ccccc1)Nc1cccc(NC(=O)[C@@H]2[C@H]3C[C@H]4[C@H](OC(=O)[C@H]42)[C@@H]3Br)c1. The summed E-state index contributed by atoms with van der Waals surface area (Å²) < 4.78 is 5.49. The Morgan fingerprint density at radius 1 is 1.00 bits per heavy atom. The van der Waals surface area contributed by atoms with Gasteiger partial charge in [0.25, 0.3) is 0 Å². The third-order valence-electron chi connectivity index (χ3n) is 6.72. The molecule has 0 aromatic heterocycles. The molecular weight excluding hydrogens is 460 g/mol. The van der Waals surface area contributed by atoms with Gasteiger partial charge in [0.1, 0.15) is 6.10 Å². The number of halogens is 1. The van der Waals surface area contributed by atoms with Gasteiger partial charge in [-0.1, -0.05) is 52.3 Å². The number of hydrogen-bond donors (Lipinski definition) is 2. The Morgan fingerprint density at radius 2 is 1.74 bits per heavy atom. The Hall–Kier alpha value is -2.67. The number of alkyl halides is 1. The predicted molar refractivity (Wildman–Crippen MR) is 120 cm³/mol. The van der Waals surface area contributed by atoms with Gasteiger partial charge in [-0.2, -0.15) is 0 Å². The molecule has 6 atom stereocenters. The Morgan fingerprint density at radius 3 is 2.52 bits per heavy atom. The summed E-state index contributed by atoms with van der Waals surface area (Å²) in [5.41, 5.74) is 2.34. The normalized spacial score (nSPS) is 30.2. The first-order chi connectivity index (χ1) is 15.0. The molecule has 2 aliphatic carbocycles. The van der Waals surface area contributed by atoms with Gasteiger partial charge in [0.2, 0.25) is 11.8 Å². The number of anilines is 2. The molecule has 2 bridgehead atoms. The van der Waals surface area contributed by atoms with Gasteiger partial charge in [-0.05, 0) is 42.5 Å². The second-order valence-corrected chi connectivity index (χ2v) is 9.62. The van der Waals surface area contributed by atoms with E-state index in [1.54, 1.807) is 24.3 Å². The number of esters is 1. The highest BCUT2D eigenvalue weighted by Gasteiger charge is 2.67. The molecule has 2 amide bonds. The van der Waals surface area contributed by atoms with Crippen LogP contribution < -0.4 is 10.6 Å². The zero-order chi connectivity index (χ0) is 21.5. The molecule has 2 saturated carbocycles. The summed E-state index contributed by atoms with van der Waals surface area (Å²) in [4.78, 5) is 37.7.